The molecule has 0 N–H and O–H groups in total. The van der Waals surface area contributed by atoms with Gasteiger partial charge in [0.05, 0.1) is 0 Å². The van der Waals surface area contributed by atoms with E-state index >= 15 is 0 Å². The van der Waals surface area contributed by atoms with Gasteiger partial charge in [-0.3, -0.25) is 4.98 Å². The maximum Gasteiger partial charge on any atom is 0.0465 e. The van der Waals surface area contributed by atoms with Crippen molar-refractivity contribution in [3.63, 3.8) is 0 Å². The van der Waals surface area contributed by atoms with Crippen LogP contribution in [0.3, 0.4) is 0 Å². The first-order valence-corrected chi connectivity index (χ1v) is 7.24. The van der Waals surface area contributed by atoms with Gasteiger partial charge in [0.2, 0.25) is 0 Å². The van der Waals surface area contributed by atoms with Crippen molar-refractivity contribution in [3.05, 3.63) is 63.4 Å². The second kappa shape index (κ2) is 6.05. The number of aryl methyl sites for hydroxylation is 1. The highest BCUT2D eigenvalue weighted by molar-refractivity contribution is 9.09. The number of hydrogen-bond acceptors (Lipinski definition) is 1. The van der Waals surface area contributed by atoms with Crippen LogP contribution in [0.1, 0.15) is 21.6 Å². The van der Waals surface area contributed by atoms with Crippen LogP contribution < -0.4 is 0 Å². The van der Waals surface area contributed by atoms with Gasteiger partial charge in [-0.05, 0) is 36.2 Å². The molecule has 2 aromatic rings. The van der Waals surface area contributed by atoms with Gasteiger partial charge in [-0.2, -0.15) is 0 Å². The normalized spacial score (nSPS) is 12.4. The predicted molar refractivity (Wildman–Crippen MR) is 80.8 cm³/mol. The summed E-state index contributed by atoms with van der Waals surface area (Å²) in [7, 11) is 0. The summed E-state index contributed by atoms with van der Waals surface area (Å²) in [6.07, 6.45) is 2.61. The van der Waals surface area contributed by atoms with E-state index in [2.05, 4.69) is 33.9 Å². The van der Waals surface area contributed by atoms with Crippen LogP contribution in [0.15, 0.2) is 36.5 Å². The predicted octanol–water partition coefficient (Wildman–Crippen LogP) is 5.38. The lowest BCUT2D eigenvalue weighted by Crippen LogP contribution is -2.00. The smallest absolute Gasteiger partial charge is 0.0465 e. The minimum Gasteiger partial charge on any atom is -0.261 e. The Labute approximate surface area is 125 Å². The fourth-order valence-corrected chi connectivity index (χ4v) is 3.15. The molecule has 0 aliphatic carbocycles. The second-order valence-electron chi connectivity index (χ2n) is 4.10. The molecule has 2 rings (SSSR count). The molecule has 0 bridgehead atoms. The van der Waals surface area contributed by atoms with E-state index in [-0.39, 0.29) is 4.83 Å². The summed E-state index contributed by atoms with van der Waals surface area (Å²) in [5, 5.41) is 1.33. The third kappa shape index (κ3) is 3.25. The van der Waals surface area contributed by atoms with Gasteiger partial charge in [0.15, 0.2) is 0 Å². The van der Waals surface area contributed by atoms with Crippen LogP contribution in [0, 0.1) is 6.92 Å². The molecule has 1 heterocycles. The van der Waals surface area contributed by atoms with Gasteiger partial charge in [0, 0.05) is 33.2 Å². The Morgan fingerprint density at radius 3 is 2.72 bits per heavy atom. The van der Waals surface area contributed by atoms with E-state index in [9.17, 15) is 0 Å². The molecule has 0 spiro atoms. The number of pyridine rings is 1. The zero-order valence-electron chi connectivity index (χ0n) is 9.83. The van der Waals surface area contributed by atoms with Crippen molar-refractivity contribution in [1.29, 1.82) is 0 Å². The molecule has 0 radical (unpaired) electrons. The van der Waals surface area contributed by atoms with Crippen molar-refractivity contribution in [3.8, 4) is 0 Å². The van der Waals surface area contributed by atoms with Crippen LogP contribution in [0.25, 0.3) is 0 Å². The van der Waals surface area contributed by atoms with Crippen LogP contribution >= 0.6 is 39.1 Å². The van der Waals surface area contributed by atoms with Crippen molar-refractivity contribution in [1.82, 2.24) is 4.98 Å². The second-order valence-corrected chi connectivity index (χ2v) is 6.05. The first kappa shape index (κ1) is 13.9. The number of aromatic nitrogens is 1. The average molecular weight is 345 g/mol. The highest BCUT2D eigenvalue weighted by Crippen LogP contribution is 2.33. The molecule has 4 heteroatoms. The van der Waals surface area contributed by atoms with Gasteiger partial charge in [-0.1, -0.05) is 51.3 Å². The Hall–Kier alpha value is -0.570. The molecule has 0 aliphatic heterocycles. The Balaban J connectivity index is 2.22. The molecule has 1 aromatic heterocycles. The molecule has 0 saturated heterocycles. The Morgan fingerprint density at radius 1 is 1.28 bits per heavy atom. The van der Waals surface area contributed by atoms with E-state index in [1.807, 2.05) is 24.4 Å². The van der Waals surface area contributed by atoms with Crippen molar-refractivity contribution in [2.75, 3.05) is 0 Å². The lowest BCUT2D eigenvalue weighted by atomic mass is 10.1. The molecule has 0 aliphatic rings. The molecule has 0 amide bonds. The summed E-state index contributed by atoms with van der Waals surface area (Å²) in [5.41, 5.74) is 3.29. The average Bonchev–Trinajstić information content (AvgIpc) is 2.32. The van der Waals surface area contributed by atoms with Gasteiger partial charge in [0.25, 0.3) is 0 Å². The van der Waals surface area contributed by atoms with Gasteiger partial charge in [-0.25, -0.2) is 0 Å². The van der Waals surface area contributed by atoms with Crippen LogP contribution in [-0.4, -0.2) is 4.98 Å². The number of nitrogens with zero attached hydrogens (tertiary/aromatic N) is 1. The fourth-order valence-electron chi connectivity index (χ4n) is 1.77. The van der Waals surface area contributed by atoms with E-state index in [0.29, 0.717) is 10.0 Å². The molecule has 1 aromatic carbocycles. The zero-order valence-corrected chi connectivity index (χ0v) is 12.9. The number of halogens is 3. The molecule has 0 fully saturated rings. The van der Waals surface area contributed by atoms with Crippen molar-refractivity contribution >= 4 is 39.1 Å². The minimum absolute atomic E-state index is 0.135. The third-order valence-corrected chi connectivity index (χ3v) is 4.17. The minimum atomic E-state index is 0.135. The number of hydrogen-bond donors (Lipinski definition) is 0. The zero-order chi connectivity index (χ0) is 13.1. The summed E-state index contributed by atoms with van der Waals surface area (Å²) < 4.78 is 0. The molecule has 1 unspecified atom stereocenters. The first-order chi connectivity index (χ1) is 8.58. The van der Waals surface area contributed by atoms with Crippen molar-refractivity contribution < 1.29 is 0 Å². The Bertz CT molecular complexity index is 557. The summed E-state index contributed by atoms with van der Waals surface area (Å²) in [5.74, 6) is 0. The topological polar surface area (TPSA) is 12.9 Å². The number of benzene rings is 1. The lowest BCUT2D eigenvalue weighted by Gasteiger charge is -2.13. The monoisotopic (exact) mass is 343 g/mol. The summed E-state index contributed by atoms with van der Waals surface area (Å²) >= 11 is 15.8. The molecule has 1 atom stereocenters. The summed E-state index contributed by atoms with van der Waals surface area (Å²) in [6, 6.07) is 9.56. The number of alkyl halides is 1. The van der Waals surface area contributed by atoms with Crippen LogP contribution in [-0.2, 0) is 6.42 Å². The maximum absolute atomic E-state index is 6.20. The van der Waals surface area contributed by atoms with E-state index in [1.165, 1.54) is 5.56 Å². The Morgan fingerprint density at radius 2 is 2.06 bits per heavy atom. The summed E-state index contributed by atoms with van der Waals surface area (Å²) in [6.45, 7) is 2.06. The van der Waals surface area contributed by atoms with Crippen LogP contribution in [0.4, 0.5) is 0 Å². The molecular formula is C14H12BrCl2N. The van der Waals surface area contributed by atoms with Gasteiger partial charge < -0.3 is 0 Å². The van der Waals surface area contributed by atoms with Crippen LogP contribution in [0.2, 0.25) is 10.0 Å². The van der Waals surface area contributed by atoms with E-state index in [0.717, 1.165) is 17.7 Å². The third-order valence-electron chi connectivity index (χ3n) is 2.79. The molecule has 0 saturated carbocycles. The fraction of sp³-hybridized carbons (Fsp3) is 0.214. The van der Waals surface area contributed by atoms with E-state index < -0.39 is 0 Å². The van der Waals surface area contributed by atoms with Crippen molar-refractivity contribution in [2.45, 2.75) is 18.2 Å². The highest BCUT2D eigenvalue weighted by atomic mass is 79.9. The van der Waals surface area contributed by atoms with Crippen LogP contribution in [0.5, 0.6) is 0 Å². The highest BCUT2D eigenvalue weighted by Gasteiger charge is 2.14. The quantitative estimate of drug-likeness (QED) is 0.681. The standard InChI is InChI=1S/C14H12BrCl2N/c1-9-3-2-6-18-14(9)8-12(15)11-5-4-10(16)7-13(11)17/h2-7,12H,8H2,1H3. The van der Waals surface area contributed by atoms with Gasteiger partial charge in [0.1, 0.15) is 0 Å². The number of rotatable bonds is 3. The maximum atomic E-state index is 6.20. The van der Waals surface area contributed by atoms with Gasteiger partial charge >= 0.3 is 0 Å². The molecule has 18 heavy (non-hydrogen) atoms. The van der Waals surface area contributed by atoms with Crippen molar-refractivity contribution in [2.24, 2.45) is 0 Å². The van der Waals surface area contributed by atoms with E-state index in [4.69, 9.17) is 23.2 Å². The lowest BCUT2D eigenvalue weighted by molar-refractivity contribution is 0.892. The largest absolute Gasteiger partial charge is 0.261 e. The molecule has 94 valence electrons. The molecular weight excluding hydrogens is 333 g/mol. The van der Waals surface area contributed by atoms with E-state index in [1.54, 1.807) is 6.07 Å². The SMILES string of the molecule is Cc1cccnc1CC(Br)c1ccc(Cl)cc1Cl. The summed E-state index contributed by atoms with van der Waals surface area (Å²) in [4.78, 5) is 4.53. The van der Waals surface area contributed by atoms with Gasteiger partial charge in [-0.15, -0.1) is 0 Å². The first-order valence-electron chi connectivity index (χ1n) is 5.57. The Kier molecular flexibility index (Phi) is 4.66. The molecule has 1 nitrogen and oxygen atoms in total.